The molecule has 2 amide bonds. The van der Waals surface area contributed by atoms with Crippen LogP contribution in [0.1, 0.15) is 12.5 Å². The number of fused-ring (bicyclic) bond motifs is 1. The average Bonchev–Trinajstić information content (AvgIpc) is 3.04. The van der Waals surface area contributed by atoms with Crippen molar-refractivity contribution < 1.29 is 4.79 Å². The summed E-state index contributed by atoms with van der Waals surface area (Å²) in [6, 6.07) is 5.73. The lowest BCUT2D eigenvalue weighted by atomic mass is 10.2. The number of amidine groups is 1. The highest BCUT2D eigenvalue weighted by Gasteiger charge is 2.27. The van der Waals surface area contributed by atoms with Gasteiger partial charge in [-0.25, -0.2) is 9.79 Å². The number of hydrogen-bond acceptors (Lipinski definition) is 5. The molecule has 1 N–H and O–H groups in total. The maximum atomic E-state index is 12.6. The largest absolute Gasteiger partial charge is 0.353 e. The van der Waals surface area contributed by atoms with Crippen LogP contribution in [0.2, 0.25) is 5.02 Å². The van der Waals surface area contributed by atoms with E-state index in [4.69, 9.17) is 11.6 Å². The fraction of sp³-hybridized carbons (Fsp3) is 0.421. The van der Waals surface area contributed by atoms with Crippen LogP contribution < -0.4 is 5.32 Å². The Labute approximate surface area is 164 Å². The topological polar surface area (TPSA) is 63.5 Å². The number of amides is 2. The number of urea groups is 1. The molecule has 0 aromatic heterocycles. The number of nitrogens with zero attached hydrogens (tertiary/aromatic N) is 5. The Morgan fingerprint density at radius 1 is 1.26 bits per heavy atom. The van der Waals surface area contributed by atoms with Gasteiger partial charge in [0.15, 0.2) is 0 Å². The molecule has 1 aromatic rings. The molecule has 0 spiro atoms. The van der Waals surface area contributed by atoms with E-state index in [0.717, 1.165) is 42.5 Å². The van der Waals surface area contributed by atoms with Gasteiger partial charge in [0.05, 0.1) is 12.4 Å². The fourth-order valence-electron chi connectivity index (χ4n) is 3.48. The molecule has 3 heterocycles. The second-order valence-electron chi connectivity index (χ2n) is 7.05. The first-order chi connectivity index (χ1) is 13.0. The van der Waals surface area contributed by atoms with Crippen LogP contribution in [0.15, 0.2) is 40.1 Å². The zero-order valence-corrected chi connectivity index (χ0v) is 16.3. The van der Waals surface area contributed by atoms with Gasteiger partial charge in [-0.1, -0.05) is 17.7 Å². The second-order valence-corrected chi connectivity index (χ2v) is 7.46. The van der Waals surface area contributed by atoms with Crippen molar-refractivity contribution in [1.29, 1.82) is 0 Å². The number of aliphatic imine (C=N–C) groups is 2. The number of nitrogens with one attached hydrogen (secondary N) is 1. The van der Waals surface area contributed by atoms with E-state index in [1.165, 1.54) is 0 Å². The molecule has 1 fully saturated rings. The highest BCUT2D eigenvalue weighted by molar-refractivity contribution is 6.31. The van der Waals surface area contributed by atoms with E-state index in [1.807, 2.05) is 42.4 Å². The molecule has 3 aliphatic heterocycles. The number of piperazine rings is 1. The Kier molecular flexibility index (Phi) is 4.78. The predicted octanol–water partition coefficient (Wildman–Crippen LogP) is 2.78. The normalized spacial score (nSPS) is 21.7. The van der Waals surface area contributed by atoms with Gasteiger partial charge in [0.25, 0.3) is 0 Å². The second kappa shape index (κ2) is 7.23. The van der Waals surface area contributed by atoms with E-state index in [1.54, 1.807) is 0 Å². The molecule has 1 aromatic carbocycles. The van der Waals surface area contributed by atoms with Crippen LogP contribution in [0.3, 0.4) is 0 Å². The molecule has 1 atom stereocenters. The maximum Gasteiger partial charge on any atom is 0.321 e. The van der Waals surface area contributed by atoms with Gasteiger partial charge in [0.1, 0.15) is 11.7 Å². The summed E-state index contributed by atoms with van der Waals surface area (Å²) < 4.78 is 0. The highest BCUT2D eigenvalue weighted by Crippen LogP contribution is 2.24. The summed E-state index contributed by atoms with van der Waals surface area (Å²) >= 11 is 6.13. The first-order valence-electron chi connectivity index (χ1n) is 9.17. The third-order valence-electron chi connectivity index (χ3n) is 5.10. The molecule has 1 unspecified atom stereocenters. The molecule has 142 valence electrons. The van der Waals surface area contributed by atoms with Crippen molar-refractivity contribution in [1.82, 2.24) is 14.7 Å². The molecule has 4 rings (SSSR count). The molecule has 27 heavy (non-hydrogen) atoms. The Hall–Kier alpha value is -2.54. The van der Waals surface area contributed by atoms with Crippen molar-refractivity contribution in [2.75, 3.05) is 38.0 Å². The molecular weight excluding hydrogens is 364 g/mol. The molecule has 0 saturated carbocycles. The zero-order chi connectivity index (χ0) is 19.0. The van der Waals surface area contributed by atoms with Crippen molar-refractivity contribution in [2.24, 2.45) is 9.98 Å². The van der Waals surface area contributed by atoms with Crippen molar-refractivity contribution in [3.05, 3.63) is 40.7 Å². The van der Waals surface area contributed by atoms with Crippen LogP contribution in [0.5, 0.6) is 0 Å². The summed E-state index contributed by atoms with van der Waals surface area (Å²) in [6.07, 6.45) is 3.90. The van der Waals surface area contributed by atoms with Gasteiger partial charge >= 0.3 is 6.03 Å². The predicted molar refractivity (Wildman–Crippen MR) is 109 cm³/mol. The van der Waals surface area contributed by atoms with Crippen LogP contribution in [0.4, 0.5) is 10.5 Å². The van der Waals surface area contributed by atoms with E-state index in [2.05, 4.69) is 32.0 Å². The van der Waals surface area contributed by atoms with Crippen LogP contribution in [0.25, 0.3) is 0 Å². The first-order valence-corrected chi connectivity index (χ1v) is 9.55. The Morgan fingerprint density at radius 2 is 2.04 bits per heavy atom. The van der Waals surface area contributed by atoms with Crippen molar-refractivity contribution >= 4 is 35.5 Å². The van der Waals surface area contributed by atoms with Crippen LogP contribution in [0, 0.1) is 6.92 Å². The summed E-state index contributed by atoms with van der Waals surface area (Å²) in [4.78, 5) is 27.9. The number of halogens is 1. The minimum absolute atomic E-state index is 0.0960. The van der Waals surface area contributed by atoms with Gasteiger partial charge in [-0.05, 0) is 31.5 Å². The van der Waals surface area contributed by atoms with E-state index in [9.17, 15) is 4.79 Å². The molecule has 0 radical (unpaired) electrons. The molecule has 0 aliphatic carbocycles. The smallest absolute Gasteiger partial charge is 0.321 e. The third-order valence-corrected chi connectivity index (χ3v) is 5.51. The van der Waals surface area contributed by atoms with Gasteiger partial charge in [-0.15, -0.1) is 0 Å². The zero-order valence-electron chi connectivity index (χ0n) is 15.5. The van der Waals surface area contributed by atoms with Crippen molar-refractivity contribution in [3.8, 4) is 0 Å². The molecule has 7 nitrogen and oxygen atoms in total. The van der Waals surface area contributed by atoms with Gasteiger partial charge < -0.3 is 20.0 Å². The summed E-state index contributed by atoms with van der Waals surface area (Å²) in [5.74, 6) is 1.90. The van der Waals surface area contributed by atoms with Gasteiger partial charge in [0, 0.05) is 49.5 Å². The first kappa shape index (κ1) is 17.9. The van der Waals surface area contributed by atoms with Gasteiger partial charge in [0.2, 0.25) is 0 Å². The maximum absolute atomic E-state index is 12.6. The van der Waals surface area contributed by atoms with E-state index < -0.39 is 0 Å². The minimum Gasteiger partial charge on any atom is -0.353 e. The van der Waals surface area contributed by atoms with E-state index in [0.29, 0.717) is 24.2 Å². The quantitative estimate of drug-likeness (QED) is 0.850. The number of anilines is 1. The summed E-state index contributed by atoms with van der Waals surface area (Å²) in [6.45, 7) is 7.67. The lowest BCUT2D eigenvalue weighted by Gasteiger charge is -2.36. The lowest BCUT2D eigenvalue weighted by Crippen LogP contribution is -2.50. The Balaban J connectivity index is 1.36. The summed E-state index contributed by atoms with van der Waals surface area (Å²) in [7, 11) is 0. The number of hydrogen-bond donors (Lipinski definition) is 1. The molecule has 8 heteroatoms. The Morgan fingerprint density at radius 3 is 2.81 bits per heavy atom. The molecule has 3 aliphatic rings. The van der Waals surface area contributed by atoms with Crippen LogP contribution in [-0.2, 0) is 0 Å². The fourth-order valence-corrected chi connectivity index (χ4v) is 3.65. The molecular formula is C19H23ClN6O. The molecule has 0 bridgehead atoms. The number of carbonyl (C=O) groups excluding carboxylic acids is 1. The molecule has 1 saturated heterocycles. The van der Waals surface area contributed by atoms with Crippen LogP contribution in [-0.4, -0.2) is 71.7 Å². The van der Waals surface area contributed by atoms with Crippen molar-refractivity contribution in [2.45, 2.75) is 19.9 Å². The Bertz CT molecular complexity index is 841. The number of carbonyl (C=O) groups is 1. The third kappa shape index (κ3) is 3.64. The van der Waals surface area contributed by atoms with E-state index >= 15 is 0 Å². The summed E-state index contributed by atoms with van der Waals surface area (Å²) in [5, 5.41) is 3.62. The summed E-state index contributed by atoms with van der Waals surface area (Å²) in [5.41, 5.74) is 1.63. The van der Waals surface area contributed by atoms with Gasteiger partial charge in [-0.2, -0.15) is 0 Å². The SMILES string of the molecule is Cc1c(Cl)cccc1NC(=O)N1CCN(C2=CC3=NC(C)CN3C=N2)CC1. The number of rotatable bonds is 2. The average molecular weight is 387 g/mol. The monoisotopic (exact) mass is 386 g/mol. The standard InChI is InChI=1S/C19H23ClN6O/c1-13-11-26-12-21-17(10-18(26)22-13)24-6-8-25(9-7-24)19(27)23-16-5-3-4-15(20)14(16)2/h3-5,10,12-13H,6-9,11H2,1-2H3,(H,23,27). The number of benzene rings is 1. The highest BCUT2D eigenvalue weighted by atomic mass is 35.5. The van der Waals surface area contributed by atoms with Crippen molar-refractivity contribution in [3.63, 3.8) is 0 Å². The van der Waals surface area contributed by atoms with Gasteiger partial charge in [-0.3, -0.25) is 4.99 Å². The lowest BCUT2D eigenvalue weighted by molar-refractivity contribution is 0.167. The minimum atomic E-state index is -0.0960. The van der Waals surface area contributed by atoms with Crippen LogP contribution >= 0.6 is 11.6 Å². The van der Waals surface area contributed by atoms with E-state index in [-0.39, 0.29) is 6.03 Å².